The Hall–Kier alpha value is -3.01. The first-order chi connectivity index (χ1) is 19.9. The lowest BCUT2D eigenvalue weighted by molar-refractivity contribution is -0.155. The molecule has 2 amide bonds. The summed E-state index contributed by atoms with van der Waals surface area (Å²) in [6, 6.07) is 12.8. The van der Waals surface area contributed by atoms with Gasteiger partial charge in [-0.25, -0.2) is 0 Å². The summed E-state index contributed by atoms with van der Waals surface area (Å²) in [6.45, 7) is 8.31. The summed E-state index contributed by atoms with van der Waals surface area (Å²) >= 11 is 3.70. The summed E-state index contributed by atoms with van der Waals surface area (Å²) in [4.78, 5) is 45.2. The number of nitrogens with zero attached hydrogens (tertiary/aromatic N) is 2. The number of fused-ring (bicyclic) bond motifs is 2. The number of anilines is 1. The molecule has 41 heavy (non-hydrogen) atoms. The van der Waals surface area contributed by atoms with Gasteiger partial charge in [-0.15, -0.1) is 13.2 Å². The third-order valence-corrected chi connectivity index (χ3v) is 9.37. The van der Waals surface area contributed by atoms with Crippen LogP contribution in [-0.4, -0.2) is 76.7 Å². The lowest BCUT2D eigenvalue weighted by atomic mass is 9.70. The van der Waals surface area contributed by atoms with Crippen molar-refractivity contribution in [3.05, 3.63) is 67.8 Å². The first-order valence-corrected chi connectivity index (χ1v) is 15.2. The Balaban J connectivity index is 1.52. The smallest absolute Gasteiger partial charge is 0.312 e. The van der Waals surface area contributed by atoms with Crippen molar-refractivity contribution >= 4 is 50.2 Å². The largest absolute Gasteiger partial charge is 0.465 e. The van der Waals surface area contributed by atoms with E-state index in [9.17, 15) is 19.5 Å². The third kappa shape index (κ3) is 5.24. The van der Waals surface area contributed by atoms with E-state index in [1.807, 2.05) is 42.5 Å². The van der Waals surface area contributed by atoms with Crippen LogP contribution in [0.25, 0.3) is 10.8 Å². The number of rotatable bonds is 13. The number of likely N-dealkylation sites (tertiary alicyclic amines) is 1. The second kappa shape index (κ2) is 12.5. The molecule has 3 aliphatic heterocycles. The molecule has 5 rings (SSSR count). The quantitative estimate of drug-likeness (QED) is 0.154. The highest BCUT2D eigenvalue weighted by Gasteiger charge is 2.77. The second-order valence-electron chi connectivity index (χ2n) is 11.0. The van der Waals surface area contributed by atoms with Gasteiger partial charge in [-0.3, -0.25) is 14.4 Å². The first-order valence-electron chi connectivity index (χ1n) is 14.3. The number of esters is 1. The molecule has 3 unspecified atom stereocenters. The molecule has 0 saturated carbocycles. The Bertz CT molecular complexity index is 1330. The average Bonchev–Trinajstić information content (AvgIpc) is 3.57. The van der Waals surface area contributed by atoms with Crippen molar-refractivity contribution in [1.82, 2.24) is 4.90 Å². The summed E-state index contributed by atoms with van der Waals surface area (Å²) in [5.74, 6) is -2.65. The number of carbonyl (C=O) groups is 3. The van der Waals surface area contributed by atoms with E-state index in [4.69, 9.17) is 9.47 Å². The average molecular weight is 626 g/mol. The number of hydrogen-bond donors (Lipinski definition) is 1. The van der Waals surface area contributed by atoms with Gasteiger partial charge in [-0.05, 0) is 55.0 Å². The zero-order chi connectivity index (χ0) is 29.1. The minimum Gasteiger partial charge on any atom is -0.465 e. The highest BCUT2D eigenvalue weighted by molar-refractivity contribution is 9.09. The van der Waals surface area contributed by atoms with Crippen molar-refractivity contribution in [3.63, 3.8) is 0 Å². The van der Waals surface area contributed by atoms with Crippen molar-refractivity contribution in [1.29, 1.82) is 0 Å². The predicted molar refractivity (Wildman–Crippen MR) is 161 cm³/mol. The molecule has 9 heteroatoms. The van der Waals surface area contributed by atoms with Crippen LogP contribution < -0.4 is 4.90 Å². The van der Waals surface area contributed by atoms with E-state index in [2.05, 4.69) is 29.1 Å². The fraction of sp³-hybridized carbons (Fsp3) is 0.469. The van der Waals surface area contributed by atoms with Crippen LogP contribution >= 0.6 is 15.9 Å². The monoisotopic (exact) mass is 624 g/mol. The Morgan fingerprint density at radius 2 is 1.93 bits per heavy atom. The summed E-state index contributed by atoms with van der Waals surface area (Å²) in [5, 5.41) is 11.5. The molecule has 8 nitrogen and oxygen atoms in total. The number of unbranched alkanes of at least 4 members (excludes halogenated alkanes) is 2. The molecule has 2 aromatic carbocycles. The molecule has 0 radical (unpaired) electrons. The van der Waals surface area contributed by atoms with Crippen LogP contribution in [-0.2, 0) is 23.9 Å². The molecular weight excluding hydrogens is 588 g/mol. The number of amides is 2. The molecule has 218 valence electrons. The van der Waals surface area contributed by atoms with E-state index in [0.717, 1.165) is 10.8 Å². The van der Waals surface area contributed by atoms with Crippen LogP contribution in [0.4, 0.5) is 5.69 Å². The van der Waals surface area contributed by atoms with Gasteiger partial charge in [0.2, 0.25) is 5.91 Å². The number of carbonyl (C=O) groups excluding carboxylic acids is 3. The molecule has 2 bridgehead atoms. The van der Waals surface area contributed by atoms with Gasteiger partial charge in [0.05, 0.1) is 24.5 Å². The van der Waals surface area contributed by atoms with E-state index < -0.39 is 35.6 Å². The van der Waals surface area contributed by atoms with Crippen molar-refractivity contribution in [2.24, 2.45) is 11.8 Å². The fourth-order valence-electron chi connectivity index (χ4n) is 6.75. The van der Waals surface area contributed by atoms with Crippen LogP contribution in [0, 0.1) is 11.8 Å². The zero-order valence-electron chi connectivity index (χ0n) is 23.1. The topological polar surface area (TPSA) is 96.4 Å². The van der Waals surface area contributed by atoms with Crippen LogP contribution in [0.5, 0.6) is 0 Å². The molecule has 3 saturated heterocycles. The number of hydrogen-bond acceptors (Lipinski definition) is 6. The summed E-state index contributed by atoms with van der Waals surface area (Å²) < 4.78 is 12.2. The van der Waals surface area contributed by atoms with Crippen molar-refractivity contribution < 1.29 is 29.0 Å². The zero-order valence-corrected chi connectivity index (χ0v) is 24.7. The van der Waals surface area contributed by atoms with Gasteiger partial charge in [0.15, 0.2) is 0 Å². The Kier molecular flexibility index (Phi) is 8.97. The first kappa shape index (κ1) is 29.5. The van der Waals surface area contributed by atoms with Crippen molar-refractivity contribution in [3.8, 4) is 0 Å². The molecular formula is C32H37BrN2O6. The molecule has 2 aromatic rings. The molecule has 0 aromatic heterocycles. The fourth-order valence-corrected chi connectivity index (χ4v) is 7.70. The lowest BCUT2D eigenvalue weighted by Gasteiger charge is -2.37. The van der Waals surface area contributed by atoms with Crippen LogP contribution in [0.15, 0.2) is 67.8 Å². The normalized spacial score (nSPS) is 28.1. The molecule has 1 spiro atoms. The SMILES string of the molecule is C=CCCCOC(=O)[C@H]1[C@H]2C(=O)N(CCCCO)C(C(=O)N(CC=C)c3ccc4ccccc4c3)C23CC(Br)[C@@H]1O3. The highest BCUT2D eigenvalue weighted by Crippen LogP contribution is 2.60. The predicted octanol–water partition coefficient (Wildman–Crippen LogP) is 4.39. The lowest BCUT2D eigenvalue weighted by Crippen LogP contribution is -2.57. The molecule has 3 fully saturated rings. The maximum atomic E-state index is 14.6. The molecule has 0 aliphatic carbocycles. The van der Waals surface area contributed by atoms with Crippen LogP contribution in [0.2, 0.25) is 0 Å². The molecule has 3 heterocycles. The minimum absolute atomic E-state index is 0.0173. The highest BCUT2D eigenvalue weighted by atomic mass is 79.9. The van der Waals surface area contributed by atoms with Gasteiger partial charge in [0, 0.05) is 30.2 Å². The summed E-state index contributed by atoms with van der Waals surface area (Å²) in [5.41, 5.74) is -0.481. The van der Waals surface area contributed by atoms with Gasteiger partial charge in [-0.2, -0.15) is 0 Å². The van der Waals surface area contributed by atoms with Gasteiger partial charge in [0.25, 0.3) is 5.91 Å². The van der Waals surface area contributed by atoms with Gasteiger partial charge in [-0.1, -0.05) is 58.4 Å². The molecule has 6 atom stereocenters. The van der Waals surface area contributed by atoms with E-state index >= 15 is 0 Å². The van der Waals surface area contributed by atoms with Crippen LogP contribution in [0.1, 0.15) is 32.1 Å². The maximum Gasteiger partial charge on any atom is 0.312 e. The number of ether oxygens (including phenoxy) is 2. The number of aliphatic hydroxyl groups excluding tert-OH is 1. The standard InChI is InChI=1S/C32H37BrN2O6/c1-3-5-10-18-40-31(39)25-26-29(37)35(16-8-9-17-36)28(32(26)20-24(33)27(25)41-32)30(38)34(15-4-2)23-14-13-21-11-6-7-12-22(21)19-23/h3-4,6-7,11-14,19,24-28,36H,1-2,5,8-10,15-18,20H2/t24?,25-,26-,27-,28?,32?/m0/s1. The number of benzene rings is 2. The van der Waals surface area contributed by atoms with E-state index in [0.29, 0.717) is 37.8 Å². The number of allylic oxidation sites excluding steroid dienone is 1. The second-order valence-corrected chi connectivity index (χ2v) is 12.2. The summed E-state index contributed by atoms with van der Waals surface area (Å²) in [7, 11) is 0. The van der Waals surface area contributed by atoms with Gasteiger partial charge < -0.3 is 24.4 Å². The summed E-state index contributed by atoms with van der Waals surface area (Å²) in [6.07, 6.45) is 5.65. The Morgan fingerprint density at radius 1 is 1.15 bits per heavy atom. The number of alkyl halides is 1. The van der Waals surface area contributed by atoms with E-state index in [1.165, 1.54) is 0 Å². The van der Waals surface area contributed by atoms with Gasteiger partial charge >= 0.3 is 5.97 Å². The van der Waals surface area contributed by atoms with E-state index in [1.54, 1.807) is 22.0 Å². The van der Waals surface area contributed by atoms with Crippen molar-refractivity contribution in [2.75, 3.05) is 31.2 Å². The maximum absolute atomic E-state index is 14.6. The number of aliphatic hydroxyl groups is 1. The Labute approximate surface area is 249 Å². The minimum atomic E-state index is -1.17. The van der Waals surface area contributed by atoms with Gasteiger partial charge in [0.1, 0.15) is 11.6 Å². The molecule has 3 aliphatic rings. The van der Waals surface area contributed by atoms with Crippen LogP contribution in [0.3, 0.4) is 0 Å². The third-order valence-electron chi connectivity index (χ3n) is 8.52. The van der Waals surface area contributed by atoms with Crippen molar-refractivity contribution in [2.45, 2.75) is 54.7 Å². The van der Waals surface area contributed by atoms with E-state index in [-0.39, 0.29) is 42.9 Å². The Morgan fingerprint density at radius 3 is 2.66 bits per heavy atom. The molecule has 1 N–H and O–H groups in total. The number of halogens is 1.